The minimum atomic E-state index is -0.321. The van der Waals surface area contributed by atoms with E-state index >= 15 is 0 Å². The Kier molecular flexibility index (Phi) is 7.35. The molecule has 2 fully saturated rings. The number of rotatable bonds is 5. The summed E-state index contributed by atoms with van der Waals surface area (Å²) in [7, 11) is 0. The van der Waals surface area contributed by atoms with Gasteiger partial charge in [0.2, 0.25) is 0 Å². The number of benzene rings is 2. The number of thiocarbonyl (C=S) groups is 1. The molecule has 0 saturated carbocycles. The Bertz CT molecular complexity index is 1510. The Morgan fingerprint density at radius 1 is 1.08 bits per heavy atom. The van der Waals surface area contributed by atoms with Crippen LogP contribution in [0.2, 0.25) is 5.02 Å². The zero-order valence-electron chi connectivity index (χ0n) is 21.3. The van der Waals surface area contributed by atoms with Gasteiger partial charge in [0.1, 0.15) is 23.4 Å². The van der Waals surface area contributed by atoms with Gasteiger partial charge in [-0.15, -0.1) is 0 Å². The average Bonchev–Trinajstić information content (AvgIpc) is 3.54. The predicted molar refractivity (Wildman–Crippen MR) is 162 cm³/mol. The van der Waals surface area contributed by atoms with Gasteiger partial charge >= 0.3 is 0 Å². The molecule has 0 unspecified atom stereocenters. The highest BCUT2D eigenvalue weighted by Crippen LogP contribution is 2.45. The number of halogens is 3. The molecule has 1 N–H and O–H groups in total. The molecule has 6 rings (SSSR count). The molecule has 2 saturated heterocycles. The van der Waals surface area contributed by atoms with Crippen LogP contribution in [0.25, 0.3) is 11.3 Å². The van der Waals surface area contributed by atoms with Gasteiger partial charge in [-0.05, 0) is 108 Å². The summed E-state index contributed by atoms with van der Waals surface area (Å²) >= 11 is 16.2. The summed E-state index contributed by atoms with van der Waals surface area (Å²) in [5.74, 6) is 1.76. The van der Waals surface area contributed by atoms with E-state index in [4.69, 9.17) is 28.2 Å². The zero-order chi connectivity index (χ0) is 27.1. The van der Waals surface area contributed by atoms with Crippen molar-refractivity contribution in [3.8, 4) is 11.3 Å². The van der Waals surface area contributed by atoms with Gasteiger partial charge in [-0.2, -0.15) is 0 Å². The second kappa shape index (κ2) is 10.9. The van der Waals surface area contributed by atoms with Crippen molar-refractivity contribution in [2.75, 3.05) is 22.9 Å². The first-order valence-corrected chi connectivity index (χ1v) is 14.6. The van der Waals surface area contributed by atoms with Gasteiger partial charge in [0.25, 0.3) is 0 Å². The molecular formula is C30H27BrClFN4OS. The molecule has 0 radical (unpaired) electrons. The minimum absolute atomic E-state index is 0.253. The van der Waals surface area contributed by atoms with Crippen LogP contribution < -0.4 is 15.1 Å². The van der Waals surface area contributed by atoms with Crippen molar-refractivity contribution in [3.63, 3.8) is 0 Å². The van der Waals surface area contributed by atoms with Gasteiger partial charge in [0, 0.05) is 35.0 Å². The van der Waals surface area contributed by atoms with E-state index in [9.17, 15) is 4.39 Å². The van der Waals surface area contributed by atoms with Crippen molar-refractivity contribution < 1.29 is 8.81 Å². The van der Waals surface area contributed by atoms with Gasteiger partial charge in [0.05, 0.1) is 22.4 Å². The van der Waals surface area contributed by atoms with Crippen molar-refractivity contribution in [1.82, 2.24) is 10.3 Å². The Hall–Kier alpha value is -2.94. The monoisotopic (exact) mass is 624 g/mol. The van der Waals surface area contributed by atoms with E-state index in [1.807, 2.05) is 41.3 Å². The van der Waals surface area contributed by atoms with Crippen LogP contribution in [-0.4, -0.2) is 23.2 Å². The second-order valence-corrected chi connectivity index (χ2v) is 11.8. The number of pyridine rings is 1. The molecule has 0 amide bonds. The molecule has 9 heteroatoms. The van der Waals surface area contributed by atoms with Gasteiger partial charge in [-0.25, -0.2) is 4.39 Å². The number of anilines is 2. The van der Waals surface area contributed by atoms with E-state index in [1.165, 1.54) is 12.1 Å². The van der Waals surface area contributed by atoms with Crippen molar-refractivity contribution in [1.29, 1.82) is 0 Å². The van der Waals surface area contributed by atoms with Crippen LogP contribution in [0.4, 0.5) is 15.8 Å². The number of furan rings is 1. The average molecular weight is 626 g/mol. The van der Waals surface area contributed by atoms with Crippen LogP contribution in [0, 0.1) is 11.7 Å². The Morgan fingerprint density at radius 3 is 2.62 bits per heavy atom. The topological polar surface area (TPSA) is 44.5 Å². The number of hydrogen-bond acceptors (Lipinski definition) is 4. The summed E-state index contributed by atoms with van der Waals surface area (Å²) in [4.78, 5) is 9.02. The molecule has 200 valence electrons. The molecule has 39 heavy (non-hydrogen) atoms. The normalized spacial score (nSPS) is 19.9. The summed E-state index contributed by atoms with van der Waals surface area (Å²) in [6.07, 6.45) is 4.10. The molecule has 2 aliphatic heterocycles. The maximum absolute atomic E-state index is 13.7. The van der Waals surface area contributed by atoms with Crippen LogP contribution in [0.5, 0.6) is 0 Å². The number of aromatic nitrogens is 1. The molecule has 0 aliphatic carbocycles. The molecular weight excluding hydrogens is 599 g/mol. The van der Waals surface area contributed by atoms with Crippen LogP contribution >= 0.6 is 39.7 Å². The first-order valence-electron chi connectivity index (χ1n) is 13.0. The number of nitrogens with zero attached hydrogens (tertiary/aromatic N) is 3. The van der Waals surface area contributed by atoms with E-state index in [-0.39, 0.29) is 17.9 Å². The van der Waals surface area contributed by atoms with E-state index in [0.717, 1.165) is 54.5 Å². The van der Waals surface area contributed by atoms with Crippen LogP contribution in [0.3, 0.4) is 0 Å². The predicted octanol–water partition coefficient (Wildman–Crippen LogP) is 8.31. The third-order valence-electron chi connectivity index (χ3n) is 7.55. The summed E-state index contributed by atoms with van der Waals surface area (Å²) < 4.78 is 20.8. The van der Waals surface area contributed by atoms with E-state index in [0.29, 0.717) is 26.1 Å². The number of hydrogen-bond donors (Lipinski definition) is 1. The fourth-order valence-corrected chi connectivity index (χ4v) is 6.61. The highest BCUT2D eigenvalue weighted by atomic mass is 79.9. The highest BCUT2D eigenvalue weighted by molar-refractivity contribution is 9.10. The first kappa shape index (κ1) is 26.3. The largest absolute Gasteiger partial charge is 0.459 e. The molecule has 2 aliphatic rings. The van der Waals surface area contributed by atoms with Crippen LogP contribution in [-0.2, 0) is 0 Å². The highest BCUT2D eigenvalue weighted by Gasteiger charge is 2.43. The summed E-state index contributed by atoms with van der Waals surface area (Å²) in [6, 6.07) is 19.8. The molecule has 4 heterocycles. The molecule has 2 aromatic carbocycles. The van der Waals surface area contributed by atoms with Crippen molar-refractivity contribution >= 4 is 56.2 Å². The standard InChI is InChI=1S/C30H27BrClFN4OS/c1-18-11-14-36(15-12-18)25-8-6-20(17-23(25)32)37-29(28(35-30(37)39)24-4-2-3-13-34-24)27-10-9-26(38-27)21-7-5-19(33)16-22(21)31/h2-10,13,16-18,28-29H,11-12,14-15H2,1H3,(H,35,39)/t28-,29-/m1/s1. The van der Waals surface area contributed by atoms with E-state index < -0.39 is 0 Å². The van der Waals surface area contributed by atoms with Gasteiger partial charge in [-0.1, -0.05) is 24.6 Å². The van der Waals surface area contributed by atoms with Gasteiger partial charge < -0.3 is 19.5 Å². The SMILES string of the molecule is CC1CCN(c2ccc(N3C(=S)N[C@H](c4ccccn4)[C@H]3c3ccc(-c4ccc(F)cc4Br)o3)cc2Cl)CC1. The summed E-state index contributed by atoms with van der Waals surface area (Å²) in [5.41, 5.74) is 3.53. The van der Waals surface area contributed by atoms with Crippen molar-refractivity contribution in [2.24, 2.45) is 5.92 Å². The molecule has 0 spiro atoms. The quantitative estimate of drug-likeness (QED) is 0.225. The summed E-state index contributed by atoms with van der Waals surface area (Å²) in [6.45, 7) is 4.31. The number of piperidine rings is 1. The fraction of sp³-hybridized carbons (Fsp3) is 0.267. The lowest BCUT2D eigenvalue weighted by molar-refractivity contribution is 0.438. The molecule has 5 nitrogen and oxygen atoms in total. The Balaban J connectivity index is 1.38. The Labute approximate surface area is 246 Å². The first-order chi connectivity index (χ1) is 18.9. The summed E-state index contributed by atoms with van der Waals surface area (Å²) in [5, 5.41) is 4.72. The second-order valence-electron chi connectivity index (χ2n) is 10.1. The number of nitrogens with one attached hydrogen (secondary N) is 1. The maximum Gasteiger partial charge on any atom is 0.174 e. The fourth-order valence-electron chi connectivity index (χ4n) is 5.42. The van der Waals surface area contributed by atoms with Crippen molar-refractivity contribution in [3.05, 3.63) is 99.7 Å². The van der Waals surface area contributed by atoms with Gasteiger partial charge in [0.15, 0.2) is 5.11 Å². The van der Waals surface area contributed by atoms with Gasteiger partial charge in [-0.3, -0.25) is 4.98 Å². The molecule has 4 aromatic rings. The Morgan fingerprint density at radius 2 is 1.90 bits per heavy atom. The molecule has 0 bridgehead atoms. The lowest BCUT2D eigenvalue weighted by atomic mass is 9.98. The minimum Gasteiger partial charge on any atom is -0.459 e. The zero-order valence-corrected chi connectivity index (χ0v) is 24.4. The molecule has 2 atom stereocenters. The molecule has 2 aromatic heterocycles. The van der Waals surface area contributed by atoms with Crippen LogP contribution in [0.1, 0.15) is 43.3 Å². The van der Waals surface area contributed by atoms with E-state index in [1.54, 1.807) is 12.3 Å². The van der Waals surface area contributed by atoms with Crippen molar-refractivity contribution in [2.45, 2.75) is 31.8 Å². The lowest BCUT2D eigenvalue weighted by Gasteiger charge is -2.33. The third kappa shape index (κ3) is 5.17. The smallest absolute Gasteiger partial charge is 0.174 e. The lowest BCUT2D eigenvalue weighted by Crippen LogP contribution is -2.33. The van der Waals surface area contributed by atoms with E-state index in [2.05, 4.69) is 50.2 Å². The third-order valence-corrected chi connectivity index (χ3v) is 8.82. The van der Waals surface area contributed by atoms with Crippen LogP contribution in [0.15, 0.2) is 81.8 Å². The maximum atomic E-state index is 13.7.